The van der Waals surface area contributed by atoms with E-state index >= 15 is 0 Å². The molecule has 0 radical (unpaired) electrons. The highest BCUT2D eigenvalue weighted by molar-refractivity contribution is 5.92. The smallest absolute Gasteiger partial charge is 0.338 e. The number of hydrogen-bond donors (Lipinski definition) is 0. The van der Waals surface area contributed by atoms with Crippen molar-refractivity contribution in [3.05, 3.63) is 65.7 Å². The second kappa shape index (κ2) is 8.17. The predicted molar refractivity (Wildman–Crippen MR) is 103 cm³/mol. The number of esters is 1. The molecule has 0 N–H and O–H groups in total. The molecule has 0 unspecified atom stereocenters. The Bertz CT molecular complexity index is 906. The monoisotopic (exact) mass is 379 g/mol. The number of carbonyl (C=O) groups is 2. The summed E-state index contributed by atoms with van der Waals surface area (Å²) in [7, 11) is 0. The second-order valence-corrected chi connectivity index (χ2v) is 6.62. The van der Waals surface area contributed by atoms with Gasteiger partial charge in [0.2, 0.25) is 0 Å². The lowest BCUT2D eigenvalue weighted by Gasteiger charge is -2.26. The first-order chi connectivity index (χ1) is 13.7. The standard InChI is InChI=1S/C22H21NO5/c24-21(23-10-8-17(9-11-23)16-4-2-1-3-5-16)15-28-22(25)18-6-7-19-20(14-18)27-13-12-26-19/h1-8,14H,9-13,15H2. The Morgan fingerprint density at radius 1 is 1.00 bits per heavy atom. The molecule has 4 rings (SSSR count). The Kier molecular flexibility index (Phi) is 5.28. The Morgan fingerprint density at radius 2 is 1.79 bits per heavy atom. The van der Waals surface area contributed by atoms with Gasteiger partial charge in [0.25, 0.3) is 5.91 Å². The van der Waals surface area contributed by atoms with E-state index in [4.69, 9.17) is 14.2 Å². The van der Waals surface area contributed by atoms with Gasteiger partial charge in [0, 0.05) is 13.1 Å². The van der Waals surface area contributed by atoms with Gasteiger partial charge in [0.1, 0.15) is 13.2 Å². The largest absolute Gasteiger partial charge is 0.486 e. The number of benzene rings is 2. The molecular formula is C22H21NO5. The summed E-state index contributed by atoms with van der Waals surface area (Å²) in [5.41, 5.74) is 2.75. The minimum absolute atomic E-state index is 0.200. The van der Waals surface area contributed by atoms with Crippen LogP contribution < -0.4 is 9.47 Å². The SMILES string of the molecule is O=C(OCC(=O)N1CC=C(c2ccccc2)CC1)c1ccc2c(c1)OCCO2. The Balaban J connectivity index is 1.31. The van der Waals surface area contributed by atoms with Gasteiger partial charge >= 0.3 is 5.97 Å². The summed E-state index contributed by atoms with van der Waals surface area (Å²) in [6.07, 6.45) is 2.84. The number of rotatable bonds is 4. The lowest BCUT2D eigenvalue weighted by Crippen LogP contribution is -2.37. The lowest BCUT2D eigenvalue weighted by molar-refractivity contribution is -0.134. The molecule has 2 aromatic rings. The highest BCUT2D eigenvalue weighted by Gasteiger charge is 2.21. The zero-order valence-electron chi connectivity index (χ0n) is 15.4. The molecule has 6 nitrogen and oxygen atoms in total. The lowest BCUT2D eigenvalue weighted by atomic mass is 10.00. The minimum atomic E-state index is -0.553. The van der Waals surface area contributed by atoms with Gasteiger partial charge in [-0.15, -0.1) is 0 Å². The van der Waals surface area contributed by atoms with Crippen molar-refractivity contribution < 1.29 is 23.8 Å². The third kappa shape index (κ3) is 4.01. The quantitative estimate of drug-likeness (QED) is 0.765. The third-order valence-electron chi connectivity index (χ3n) is 4.81. The van der Waals surface area contributed by atoms with E-state index in [0.29, 0.717) is 43.4 Å². The summed E-state index contributed by atoms with van der Waals surface area (Å²) >= 11 is 0. The fourth-order valence-electron chi connectivity index (χ4n) is 3.28. The van der Waals surface area contributed by atoms with Crippen LogP contribution in [0, 0.1) is 0 Å². The Morgan fingerprint density at radius 3 is 2.54 bits per heavy atom. The topological polar surface area (TPSA) is 65.1 Å². The van der Waals surface area contributed by atoms with Crippen LogP contribution in [0.15, 0.2) is 54.6 Å². The number of fused-ring (bicyclic) bond motifs is 1. The Hall–Kier alpha value is -3.28. The number of amides is 1. The van der Waals surface area contributed by atoms with Crippen molar-refractivity contribution >= 4 is 17.4 Å². The fourth-order valence-corrected chi connectivity index (χ4v) is 3.28. The zero-order chi connectivity index (χ0) is 19.3. The van der Waals surface area contributed by atoms with Gasteiger partial charge in [-0.25, -0.2) is 4.79 Å². The molecule has 2 aromatic carbocycles. The summed E-state index contributed by atoms with van der Waals surface area (Å²) in [6, 6.07) is 15.0. The normalized spacial score (nSPS) is 15.6. The van der Waals surface area contributed by atoms with Gasteiger partial charge in [0.15, 0.2) is 18.1 Å². The predicted octanol–water partition coefficient (Wildman–Crippen LogP) is 2.93. The van der Waals surface area contributed by atoms with Crippen LogP contribution in [0.25, 0.3) is 5.57 Å². The molecule has 0 bridgehead atoms. The summed E-state index contributed by atoms with van der Waals surface area (Å²) in [5.74, 6) is 0.368. The van der Waals surface area contributed by atoms with Crippen molar-refractivity contribution in [3.8, 4) is 11.5 Å². The van der Waals surface area contributed by atoms with Crippen LogP contribution in [0.4, 0.5) is 0 Å². The molecule has 28 heavy (non-hydrogen) atoms. The number of ether oxygens (including phenoxy) is 3. The summed E-state index contributed by atoms with van der Waals surface area (Å²) < 4.78 is 16.1. The van der Waals surface area contributed by atoms with Crippen LogP contribution >= 0.6 is 0 Å². The van der Waals surface area contributed by atoms with Gasteiger partial charge in [-0.2, -0.15) is 0 Å². The molecule has 0 spiro atoms. The molecule has 2 aliphatic heterocycles. The highest BCUT2D eigenvalue weighted by atomic mass is 16.6. The fraction of sp³-hybridized carbons (Fsp3) is 0.273. The van der Waals surface area contributed by atoms with Crippen molar-refractivity contribution in [1.82, 2.24) is 4.90 Å². The van der Waals surface area contributed by atoms with Crippen molar-refractivity contribution in [2.24, 2.45) is 0 Å². The summed E-state index contributed by atoms with van der Waals surface area (Å²) in [5, 5.41) is 0. The number of carbonyl (C=O) groups excluding carboxylic acids is 2. The molecule has 0 atom stereocenters. The van der Waals surface area contributed by atoms with E-state index in [1.54, 1.807) is 23.1 Å². The molecule has 0 aliphatic carbocycles. The first-order valence-corrected chi connectivity index (χ1v) is 9.30. The van der Waals surface area contributed by atoms with E-state index in [-0.39, 0.29) is 12.5 Å². The van der Waals surface area contributed by atoms with Gasteiger partial charge in [-0.1, -0.05) is 36.4 Å². The molecule has 6 heteroatoms. The van der Waals surface area contributed by atoms with Gasteiger partial charge in [-0.3, -0.25) is 4.79 Å². The van der Waals surface area contributed by atoms with Crippen molar-refractivity contribution in [1.29, 1.82) is 0 Å². The minimum Gasteiger partial charge on any atom is -0.486 e. The van der Waals surface area contributed by atoms with Crippen molar-refractivity contribution in [2.45, 2.75) is 6.42 Å². The van der Waals surface area contributed by atoms with Crippen LogP contribution in [0.2, 0.25) is 0 Å². The molecule has 0 aromatic heterocycles. The van der Waals surface area contributed by atoms with E-state index in [9.17, 15) is 9.59 Å². The molecular weight excluding hydrogens is 358 g/mol. The maximum Gasteiger partial charge on any atom is 0.338 e. The van der Waals surface area contributed by atoms with Gasteiger partial charge < -0.3 is 19.1 Å². The first-order valence-electron chi connectivity index (χ1n) is 9.30. The molecule has 0 saturated carbocycles. The first kappa shape index (κ1) is 18.1. The second-order valence-electron chi connectivity index (χ2n) is 6.62. The van der Waals surface area contributed by atoms with Crippen LogP contribution in [-0.2, 0) is 9.53 Å². The van der Waals surface area contributed by atoms with Crippen LogP contribution in [-0.4, -0.2) is 49.7 Å². The average molecular weight is 379 g/mol. The highest BCUT2D eigenvalue weighted by Crippen LogP contribution is 2.31. The van der Waals surface area contributed by atoms with E-state index in [2.05, 4.69) is 18.2 Å². The Labute approximate surface area is 163 Å². The summed E-state index contributed by atoms with van der Waals surface area (Å²) in [6.45, 7) is 1.78. The van der Waals surface area contributed by atoms with Crippen molar-refractivity contribution in [2.75, 3.05) is 32.9 Å². The van der Waals surface area contributed by atoms with Crippen molar-refractivity contribution in [3.63, 3.8) is 0 Å². The van der Waals surface area contributed by atoms with Gasteiger partial charge in [-0.05, 0) is 35.8 Å². The van der Waals surface area contributed by atoms with Crippen LogP contribution in [0.3, 0.4) is 0 Å². The van der Waals surface area contributed by atoms with E-state index in [1.165, 1.54) is 11.1 Å². The molecule has 144 valence electrons. The molecule has 2 heterocycles. The molecule has 2 aliphatic rings. The zero-order valence-corrected chi connectivity index (χ0v) is 15.4. The molecule has 0 saturated heterocycles. The van der Waals surface area contributed by atoms with Gasteiger partial charge in [0.05, 0.1) is 5.56 Å². The summed E-state index contributed by atoms with van der Waals surface area (Å²) in [4.78, 5) is 26.3. The van der Waals surface area contributed by atoms with E-state index < -0.39 is 5.97 Å². The maximum absolute atomic E-state index is 12.4. The van der Waals surface area contributed by atoms with Crippen LogP contribution in [0.5, 0.6) is 11.5 Å². The number of nitrogens with zero attached hydrogens (tertiary/aromatic N) is 1. The number of hydrogen-bond acceptors (Lipinski definition) is 5. The third-order valence-corrected chi connectivity index (χ3v) is 4.81. The molecule has 0 fully saturated rings. The molecule has 1 amide bonds. The maximum atomic E-state index is 12.4. The van der Waals surface area contributed by atoms with E-state index in [1.807, 2.05) is 18.2 Å². The van der Waals surface area contributed by atoms with E-state index in [0.717, 1.165) is 6.42 Å². The average Bonchev–Trinajstić information content (AvgIpc) is 2.77. The van der Waals surface area contributed by atoms with Crippen LogP contribution in [0.1, 0.15) is 22.3 Å².